The van der Waals surface area contributed by atoms with Crippen molar-refractivity contribution in [3.8, 4) is 11.1 Å². The number of carbonyl (C=O) groups excluding carboxylic acids is 1. The topological polar surface area (TPSA) is 117 Å². The predicted molar refractivity (Wildman–Crippen MR) is 116 cm³/mol. The van der Waals surface area contributed by atoms with Crippen LogP contribution in [0.15, 0.2) is 46.7 Å². The number of sulfonamides is 1. The molecule has 0 saturated carbocycles. The highest BCUT2D eigenvalue weighted by Crippen LogP contribution is 2.33. The van der Waals surface area contributed by atoms with Crippen LogP contribution >= 0.6 is 11.3 Å². The SMILES string of the molecule is Cc1nc(N2CC(O)CN(c3ccc(-c4cc(F)ccc4F)cc3)C2=O)sc1S(N)(=O)=O. The lowest BCUT2D eigenvalue weighted by molar-refractivity contribution is 0.171. The van der Waals surface area contributed by atoms with Crippen molar-refractivity contribution in [2.24, 2.45) is 5.14 Å². The van der Waals surface area contributed by atoms with Crippen LogP contribution in [0.5, 0.6) is 0 Å². The minimum atomic E-state index is -4.00. The summed E-state index contributed by atoms with van der Waals surface area (Å²) in [5.41, 5.74) is 1.07. The Morgan fingerprint density at radius 3 is 2.41 bits per heavy atom. The number of urea groups is 1. The van der Waals surface area contributed by atoms with Crippen molar-refractivity contribution >= 4 is 38.2 Å². The van der Waals surface area contributed by atoms with Gasteiger partial charge in [-0.1, -0.05) is 23.5 Å². The van der Waals surface area contributed by atoms with Crippen LogP contribution in [0.4, 0.5) is 24.4 Å². The van der Waals surface area contributed by atoms with E-state index in [9.17, 15) is 27.1 Å². The first-order chi connectivity index (χ1) is 15.0. The Bertz CT molecular complexity index is 1300. The van der Waals surface area contributed by atoms with Crippen molar-refractivity contribution in [3.05, 3.63) is 59.8 Å². The lowest BCUT2D eigenvalue weighted by Gasteiger charge is -2.36. The summed E-state index contributed by atoms with van der Waals surface area (Å²) in [5, 5.41) is 15.6. The van der Waals surface area contributed by atoms with Gasteiger partial charge in [-0.15, -0.1) is 0 Å². The van der Waals surface area contributed by atoms with Crippen molar-refractivity contribution in [3.63, 3.8) is 0 Å². The number of thiazole rings is 1. The highest BCUT2D eigenvalue weighted by Gasteiger charge is 2.35. The number of hydrogen-bond donors (Lipinski definition) is 2. The van der Waals surface area contributed by atoms with Crippen LogP contribution in [0.25, 0.3) is 11.1 Å². The van der Waals surface area contributed by atoms with Gasteiger partial charge < -0.3 is 5.11 Å². The summed E-state index contributed by atoms with van der Waals surface area (Å²) in [6.45, 7) is 1.39. The van der Waals surface area contributed by atoms with Crippen molar-refractivity contribution in [2.75, 3.05) is 22.9 Å². The highest BCUT2D eigenvalue weighted by molar-refractivity contribution is 7.91. The zero-order valence-corrected chi connectivity index (χ0v) is 18.3. The van der Waals surface area contributed by atoms with Crippen LogP contribution in [-0.4, -0.2) is 43.7 Å². The molecule has 3 N–H and O–H groups in total. The van der Waals surface area contributed by atoms with E-state index in [1.807, 2.05) is 0 Å². The molecule has 32 heavy (non-hydrogen) atoms. The van der Waals surface area contributed by atoms with E-state index in [0.29, 0.717) is 11.3 Å². The van der Waals surface area contributed by atoms with E-state index in [1.54, 1.807) is 24.3 Å². The first-order valence-corrected chi connectivity index (χ1v) is 11.7. The number of nitrogens with two attached hydrogens (primary N) is 1. The van der Waals surface area contributed by atoms with E-state index in [0.717, 1.165) is 29.5 Å². The first kappa shape index (κ1) is 22.3. The second kappa shape index (κ2) is 8.20. The number of carbonyl (C=O) groups is 1. The molecule has 2 aromatic carbocycles. The van der Waals surface area contributed by atoms with Crippen LogP contribution in [0.3, 0.4) is 0 Å². The van der Waals surface area contributed by atoms with Crippen LogP contribution in [0.2, 0.25) is 0 Å². The molecule has 1 saturated heterocycles. The molecule has 0 aliphatic carbocycles. The molecule has 168 valence electrons. The number of aliphatic hydroxyl groups excluding tert-OH is 1. The lowest BCUT2D eigenvalue weighted by atomic mass is 10.0. The van der Waals surface area contributed by atoms with E-state index in [2.05, 4.69) is 4.98 Å². The smallest absolute Gasteiger partial charge is 0.330 e. The van der Waals surface area contributed by atoms with Gasteiger partial charge in [0.15, 0.2) is 9.34 Å². The number of benzene rings is 2. The number of aromatic nitrogens is 1. The largest absolute Gasteiger partial charge is 0.389 e. The second-order valence-corrected chi connectivity index (χ2v) is 9.98. The van der Waals surface area contributed by atoms with Gasteiger partial charge in [0.25, 0.3) is 0 Å². The summed E-state index contributed by atoms with van der Waals surface area (Å²) < 4.78 is 50.8. The van der Waals surface area contributed by atoms with Crippen LogP contribution < -0.4 is 14.9 Å². The maximum Gasteiger partial charge on any atom is 0.330 e. The van der Waals surface area contributed by atoms with E-state index >= 15 is 0 Å². The van der Waals surface area contributed by atoms with Gasteiger partial charge in [0.2, 0.25) is 10.0 Å². The van der Waals surface area contributed by atoms with Gasteiger partial charge in [-0.2, -0.15) is 0 Å². The van der Waals surface area contributed by atoms with Gasteiger partial charge in [-0.25, -0.2) is 32.1 Å². The molecule has 4 rings (SSSR count). The Hall–Kier alpha value is -2.93. The number of primary sulfonamides is 1. The van der Waals surface area contributed by atoms with Gasteiger partial charge >= 0.3 is 6.03 Å². The maximum absolute atomic E-state index is 14.1. The zero-order valence-electron chi connectivity index (χ0n) is 16.7. The number of aryl methyl sites for hydroxylation is 1. The Kier molecular flexibility index (Phi) is 5.71. The summed E-state index contributed by atoms with van der Waals surface area (Å²) in [6.07, 6.45) is -0.935. The number of hydrogen-bond acceptors (Lipinski definition) is 6. The number of rotatable bonds is 4. The molecule has 0 spiro atoms. The van der Waals surface area contributed by atoms with E-state index in [4.69, 9.17) is 5.14 Å². The molecule has 1 fully saturated rings. The minimum Gasteiger partial charge on any atom is -0.389 e. The third-order valence-corrected chi connectivity index (χ3v) is 7.63. The molecule has 1 aromatic heterocycles. The molecular formula is C20H18F2N4O4S2. The fourth-order valence-electron chi connectivity index (χ4n) is 3.44. The number of nitrogens with zero attached hydrogens (tertiary/aromatic N) is 3. The molecule has 2 amide bonds. The number of β-amino-alcohol motifs (C(OH)–C–C–N with tert-alkyl or cyclic N) is 1. The summed E-state index contributed by atoms with van der Waals surface area (Å²) in [4.78, 5) is 19.7. The van der Waals surface area contributed by atoms with E-state index in [-0.39, 0.29) is 33.7 Å². The molecule has 1 atom stereocenters. The Morgan fingerprint density at radius 2 is 1.78 bits per heavy atom. The van der Waals surface area contributed by atoms with Crippen LogP contribution in [0, 0.1) is 18.6 Å². The standard InChI is InChI=1S/C20H18F2N4O4S2/c1-11-18(32(23,29)30)31-19(24-11)26-10-15(27)9-25(20(26)28)14-5-2-12(3-6-14)16-8-13(21)4-7-17(16)22/h2-8,15,27H,9-10H2,1H3,(H2,23,29,30). The molecule has 1 aliphatic rings. The number of anilines is 2. The fraction of sp³-hybridized carbons (Fsp3) is 0.200. The van der Waals surface area contributed by atoms with Crippen LogP contribution in [0.1, 0.15) is 5.69 Å². The molecule has 0 radical (unpaired) electrons. The van der Waals surface area contributed by atoms with Gasteiger partial charge in [-0.05, 0) is 42.8 Å². The van der Waals surface area contributed by atoms with Crippen molar-refractivity contribution in [1.82, 2.24) is 4.98 Å². The normalized spacial score (nSPS) is 17.2. The molecule has 0 bridgehead atoms. The lowest BCUT2D eigenvalue weighted by Crippen LogP contribution is -2.56. The average Bonchev–Trinajstić information content (AvgIpc) is 3.13. The minimum absolute atomic E-state index is 0.00456. The van der Waals surface area contributed by atoms with Gasteiger partial charge in [0, 0.05) is 11.3 Å². The third kappa shape index (κ3) is 4.21. The first-order valence-electron chi connectivity index (χ1n) is 9.37. The molecule has 2 heterocycles. The summed E-state index contributed by atoms with van der Waals surface area (Å²) in [7, 11) is -4.00. The van der Waals surface area contributed by atoms with E-state index < -0.39 is 33.8 Å². The van der Waals surface area contributed by atoms with E-state index in [1.165, 1.54) is 16.7 Å². The Labute approximate surface area is 186 Å². The second-order valence-electron chi connectivity index (χ2n) is 7.24. The van der Waals surface area contributed by atoms with Gasteiger partial charge in [0.05, 0.1) is 24.9 Å². The Balaban J connectivity index is 1.64. The Morgan fingerprint density at radius 1 is 1.12 bits per heavy atom. The van der Waals surface area contributed by atoms with Gasteiger partial charge in [-0.3, -0.25) is 9.80 Å². The zero-order chi connectivity index (χ0) is 23.2. The summed E-state index contributed by atoms with van der Waals surface area (Å²) >= 11 is 0.745. The quantitative estimate of drug-likeness (QED) is 0.596. The molecule has 8 nitrogen and oxygen atoms in total. The average molecular weight is 481 g/mol. The third-order valence-electron chi connectivity index (χ3n) is 4.90. The molecule has 3 aromatic rings. The highest BCUT2D eigenvalue weighted by atomic mass is 32.2. The molecule has 12 heteroatoms. The fourth-order valence-corrected chi connectivity index (χ4v) is 5.39. The molecule has 1 unspecified atom stereocenters. The van der Waals surface area contributed by atoms with Crippen molar-refractivity contribution in [2.45, 2.75) is 17.2 Å². The summed E-state index contributed by atoms with van der Waals surface area (Å²) in [6, 6.07) is 8.80. The predicted octanol–water partition coefficient (Wildman–Crippen LogP) is 2.85. The van der Waals surface area contributed by atoms with Crippen molar-refractivity contribution in [1.29, 1.82) is 0 Å². The summed E-state index contributed by atoms with van der Waals surface area (Å²) in [5.74, 6) is -1.16. The monoisotopic (exact) mass is 480 g/mol. The van der Waals surface area contributed by atoms with Crippen molar-refractivity contribution < 1.29 is 27.1 Å². The van der Waals surface area contributed by atoms with Gasteiger partial charge in [0.1, 0.15) is 11.6 Å². The number of halogens is 2. The number of amides is 2. The maximum atomic E-state index is 14.1. The van der Waals surface area contributed by atoms with Crippen LogP contribution in [-0.2, 0) is 10.0 Å². The number of aliphatic hydroxyl groups is 1. The molecule has 1 aliphatic heterocycles. The molecular weight excluding hydrogens is 462 g/mol.